The average molecular weight is 431 g/mol. The first-order valence-corrected chi connectivity index (χ1v) is 9.62. The van der Waals surface area contributed by atoms with Crippen LogP contribution in [-0.4, -0.2) is 24.0 Å². The molecule has 2 aromatic rings. The third-order valence-electron chi connectivity index (χ3n) is 4.74. The first-order valence-electron chi connectivity index (χ1n) is 9.62. The number of carbonyl (C=O) groups excluding carboxylic acids is 1. The molecule has 0 aromatic heterocycles. The number of benzene rings is 2. The molecule has 7 heteroatoms. The van der Waals surface area contributed by atoms with E-state index in [0.29, 0.717) is 31.6 Å². The number of fused-ring (bicyclic) bond motifs is 1. The highest BCUT2D eigenvalue weighted by molar-refractivity contribution is 5.94. The Balaban J connectivity index is 0.00000320. The van der Waals surface area contributed by atoms with Crippen LogP contribution in [0.4, 0.5) is 0 Å². The van der Waals surface area contributed by atoms with E-state index in [0.717, 1.165) is 22.6 Å². The molecule has 0 amide bonds. The van der Waals surface area contributed by atoms with Gasteiger partial charge in [-0.3, -0.25) is 10.2 Å². The van der Waals surface area contributed by atoms with Gasteiger partial charge < -0.3 is 19.9 Å². The number of carbonyl (C=O) groups is 1. The smallest absolute Gasteiger partial charge is 0.305 e. The number of ether oxygens (including phenoxy) is 3. The molecule has 0 saturated heterocycles. The fourth-order valence-electron chi connectivity index (χ4n) is 3.06. The molecule has 1 atom stereocenters. The summed E-state index contributed by atoms with van der Waals surface area (Å²) >= 11 is 0. The van der Waals surface area contributed by atoms with Crippen LogP contribution in [0.3, 0.4) is 0 Å². The van der Waals surface area contributed by atoms with Crippen molar-refractivity contribution in [3.8, 4) is 11.5 Å². The highest BCUT2D eigenvalue weighted by atomic mass is 35.5. The molecular formula is C23H27ClN2O4. The van der Waals surface area contributed by atoms with Gasteiger partial charge in [-0.2, -0.15) is 0 Å². The number of halogens is 1. The van der Waals surface area contributed by atoms with Crippen molar-refractivity contribution in [1.29, 1.82) is 5.41 Å². The molecule has 6 nitrogen and oxygen atoms in total. The highest BCUT2D eigenvalue weighted by Crippen LogP contribution is 2.35. The van der Waals surface area contributed by atoms with Crippen LogP contribution in [-0.2, 0) is 16.1 Å². The first-order chi connectivity index (χ1) is 13.9. The van der Waals surface area contributed by atoms with Gasteiger partial charge in [-0.25, -0.2) is 0 Å². The zero-order chi connectivity index (χ0) is 20.9. The van der Waals surface area contributed by atoms with Crippen molar-refractivity contribution < 1.29 is 19.0 Å². The van der Waals surface area contributed by atoms with Gasteiger partial charge in [0.2, 0.25) is 0 Å². The van der Waals surface area contributed by atoms with Crippen LogP contribution in [0, 0.1) is 5.41 Å². The van der Waals surface area contributed by atoms with Crippen molar-refractivity contribution in [2.24, 2.45) is 5.73 Å². The van der Waals surface area contributed by atoms with Crippen LogP contribution in [0.25, 0.3) is 6.08 Å². The number of rotatable bonds is 8. The van der Waals surface area contributed by atoms with E-state index in [4.69, 9.17) is 25.4 Å². The summed E-state index contributed by atoms with van der Waals surface area (Å²) in [6.07, 6.45) is 4.83. The molecule has 0 aliphatic carbocycles. The Labute approximate surface area is 182 Å². The summed E-state index contributed by atoms with van der Waals surface area (Å²) in [6, 6.07) is 13.1. The molecule has 160 valence electrons. The van der Waals surface area contributed by atoms with E-state index in [1.54, 1.807) is 6.92 Å². The highest BCUT2D eigenvalue weighted by Gasteiger charge is 2.28. The third-order valence-corrected chi connectivity index (χ3v) is 4.74. The summed E-state index contributed by atoms with van der Waals surface area (Å²) in [5.41, 5.74) is 7.55. The van der Waals surface area contributed by atoms with Crippen LogP contribution in [0.5, 0.6) is 11.5 Å². The second-order valence-electron chi connectivity index (χ2n) is 7.15. The Morgan fingerprint density at radius 2 is 1.93 bits per heavy atom. The van der Waals surface area contributed by atoms with Gasteiger partial charge in [0.15, 0.2) is 0 Å². The lowest BCUT2D eigenvalue weighted by Crippen LogP contribution is -2.32. The molecule has 1 unspecified atom stereocenters. The summed E-state index contributed by atoms with van der Waals surface area (Å²) in [5.74, 6) is 1.34. The lowest BCUT2D eigenvalue weighted by atomic mass is 9.95. The molecule has 0 bridgehead atoms. The van der Waals surface area contributed by atoms with Gasteiger partial charge in [-0.05, 0) is 43.7 Å². The van der Waals surface area contributed by atoms with Gasteiger partial charge >= 0.3 is 5.97 Å². The van der Waals surface area contributed by atoms with Gasteiger partial charge in [0, 0.05) is 24.0 Å². The zero-order valence-corrected chi connectivity index (χ0v) is 18.0. The monoisotopic (exact) mass is 430 g/mol. The van der Waals surface area contributed by atoms with E-state index in [1.807, 2.05) is 61.5 Å². The van der Waals surface area contributed by atoms with E-state index in [2.05, 4.69) is 0 Å². The number of hydrogen-bond donors (Lipinski definition) is 2. The minimum absolute atomic E-state index is 0. The zero-order valence-electron chi connectivity index (χ0n) is 17.1. The van der Waals surface area contributed by atoms with Crippen LogP contribution >= 0.6 is 12.4 Å². The topological polar surface area (TPSA) is 94.6 Å². The Morgan fingerprint density at radius 3 is 2.60 bits per heavy atom. The number of nitrogens with one attached hydrogen (secondary N) is 1. The normalized spacial score (nSPS) is 16.6. The summed E-state index contributed by atoms with van der Waals surface area (Å²) < 4.78 is 17.0. The van der Waals surface area contributed by atoms with Crippen molar-refractivity contribution in [1.82, 2.24) is 0 Å². The minimum Gasteiger partial charge on any atom is -0.489 e. The SMILES string of the molecule is CCOC(=O)CCC1(C)C=Cc2cc(OCc3ccc(C(=N)N)cc3)ccc2O1.Cl. The molecule has 0 fully saturated rings. The standard InChI is InChI=1S/C23H26N2O4.ClH/c1-3-27-21(26)11-13-23(2)12-10-18-14-19(8-9-20(18)29-23)28-15-16-4-6-17(7-5-16)22(24)25;/h4-10,12,14H,3,11,13,15H2,1-2H3,(H3,24,25);1H. The van der Waals surface area contributed by atoms with Crippen LogP contribution in [0.15, 0.2) is 48.5 Å². The fraction of sp³-hybridized carbons (Fsp3) is 0.304. The summed E-state index contributed by atoms with van der Waals surface area (Å²) in [4.78, 5) is 11.6. The molecular weight excluding hydrogens is 404 g/mol. The van der Waals surface area contributed by atoms with Crippen molar-refractivity contribution in [2.75, 3.05) is 6.61 Å². The van der Waals surface area contributed by atoms with E-state index < -0.39 is 5.60 Å². The number of nitrogens with two attached hydrogens (primary N) is 1. The molecule has 0 spiro atoms. The average Bonchev–Trinajstić information content (AvgIpc) is 2.71. The predicted molar refractivity (Wildman–Crippen MR) is 119 cm³/mol. The molecule has 0 radical (unpaired) electrons. The lowest BCUT2D eigenvalue weighted by Gasteiger charge is -2.31. The fourth-order valence-corrected chi connectivity index (χ4v) is 3.06. The first kappa shape index (κ1) is 23.3. The maximum absolute atomic E-state index is 11.6. The Hall–Kier alpha value is -2.99. The number of hydrogen-bond acceptors (Lipinski definition) is 5. The largest absolute Gasteiger partial charge is 0.489 e. The molecule has 1 aliphatic heterocycles. The minimum atomic E-state index is -0.541. The maximum Gasteiger partial charge on any atom is 0.305 e. The molecule has 2 aromatic carbocycles. The van der Waals surface area contributed by atoms with Crippen molar-refractivity contribution >= 4 is 30.3 Å². The van der Waals surface area contributed by atoms with E-state index in [1.165, 1.54) is 0 Å². The van der Waals surface area contributed by atoms with Crippen molar-refractivity contribution in [2.45, 2.75) is 38.9 Å². The predicted octanol–water partition coefficient (Wildman–Crippen LogP) is 4.48. The van der Waals surface area contributed by atoms with Crippen LogP contribution < -0.4 is 15.2 Å². The van der Waals surface area contributed by atoms with Crippen LogP contribution in [0.2, 0.25) is 0 Å². The number of esters is 1. The van der Waals surface area contributed by atoms with E-state index in [-0.39, 0.29) is 24.2 Å². The van der Waals surface area contributed by atoms with E-state index >= 15 is 0 Å². The second-order valence-corrected chi connectivity index (χ2v) is 7.15. The number of nitrogen functional groups attached to an aromatic ring is 1. The lowest BCUT2D eigenvalue weighted by molar-refractivity contribution is -0.143. The summed E-state index contributed by atoms with van der Waals surface area (Å²) in [5, 5.41) is 7.43. The molecule has 1 heterocycles. The number of amidine groups is 1. The Bertz CT molecular complexity index is 927. The Kier molecular flexibility index (Phi) is 7.89. The van der Waals surface area contributed by atoms with Crippen molar-refractivity contribution in [3.05, 3.63) is 65.2 Å². The van der Waals surface area contributed by atoms with Gasteiger partial charge in [-0.15, -0.1) is 12.4 Å². The molecule has 30 heavy (non-hydrogen) atoms. The molecule has 3 N–H and O–H groups in total. The van der Waals surface area contributed by atoms with Gasteiger partial charge in [0.05, 0.1) is 6.61 Å². The summed E-state index contributed by atoms with van der Waals surface area (Å²) in [7, 11) is 0. The van der Waals surface area contributed by atoms with Gasteiger partial charge in [0.1, 0.15) is 29.5 Å². The molecule has 3 rings (SSSR count). The summed E-state index contributed by atoms with van der Waals surface area (Å²) in [6.45, 7) is 4.56. The second kappa shape index (κ2) is 10.2. The quantitative estimate of drug-likeness (QED) is 0.366. The van der Waals surface area contributed by atoms with Crippen LogP contribution in [0.1, 0.15) is 43.4 Å². The van der Waals surface area contributed by atoms with Crippen molar-refractivity contribution in [3.63, 3.8) is 0 Å². The third kappa shape index (κ3) is 6.00. The van der Waals surface area contributed by atoms with E-state index in [9.17, 15) is 4.79 Å². The van der Waals surface area contributed by atoms with Gasteiger partial charge in [0.25, 0.3) is 0 Å². The molecule has 0 saturated carbocycles. The molecule has 1 aliphatic rings. The Morgan fingerprint density at radius 1 is 1.20 bits per heavy atom. The maximum atomic E-state index is 11.6. The van der Waals surface area contributed by atoms with Gasteiger partial charge in [-0.1, -0.05) is 30.3 Å².